The summed E-state index contributed by atoms with van der Waals surface area (Å²) in [6.07, 6.45) is 0.683. The first-order valence-electron chi connectivity index (χ1n) is 8.95. The molecule has 0 radical (unpaired) electrons. The fourth-order valence-corrected chi connectivity index (χ4v) is 3.50. The molecule has 0 aliphatic carbocycles. The molecule has 1 amide bonds. The molecule has 0 saturated carbocycles. The minimum Gasteiger partial charge on any atom is -0.486 e. The van der Waals surface area contributed by atoms with Crippen LogP contribution >= 0.6 is 0 Å². The SMILES string of the molecule is CC(C)(C)OC(=O)N1CCC(C(CN)c2ccc3c(c2)OCCO3)C1. The molecule has 2 atom stereocenters. The molecule has 2 N–H and O–H groups in total. The van der Waals surface area contributed by atoms with Gasteiger partial charge >= 0.3 is 6.09 Å². The van der Waals surface area contributed by atoms with Crippen LogP contribution in [0, 0.1) is 5.92 Å². The average Bonchev–Trinajstić information content (AvgIpc) is 3.04. The topological polar surface area (TPSA) is 74.0 Å². The second-order valence-electron chi connectivity index (χ2n) is 7.72. The van der Waals surface area contributed by atoms with Crippen LogP contribution in [0.4, 0.5) is 4.79 Å². The fourth-order valence-electron chi connectivity index (χ4n) is 3.50. The van der Waals surface area contributed by atoms with E-state index in [2.05, 4.69) is 6.07 Å². The molecule has 0 aromatic heterocycles. The maximum absolute atomic E-state index is 12.3. The summed E-state index contributed by atoms with van der Waals surface area (Å²) in [5.74, 6) is 2.07. The Morgan fingerprint density at radius 3 is 2.72 bits per heavy atom. The van der Waals surface area contributed by atoms with Crippen LogP contribution in [0.2, 0.25) is 0 Å². The van der Waals surface area contributed by atoms with E-state index in [1.807, 2.05) is 32.9 Å². The van der Waals surface area contributed by atoms with E-state index in [-0.39, 0.29) is 12.0 Å². The average molecular weight is 348 g/mol. The first-order chi connectivity index (χ1) is 11.9. The van der Waals surface area contributed by atoms with Gasteiger partial charge in [-0.15, -0.1) is 0 Å². The maximum atomic E-state index is 12.3. The maximum Gasteiger partial charge on any atom is 0.410 e. The quantitative estimate of drug-likeness (QED) is 0.909. The van der Waals surface area contributed by atoms with Crippen molar-refractivity contribution in [2.75, 3.05) is 32.8 Å². The van der Waals surface area contributed by atoms with E-state index in [4.69, 9.17) is 19.9 Å². The number of nitrogens with two attached hydrogens (primary N) is 1. The molecule has 0 bridgehead atoms. The Balaban J connectivity index is 1.69. The monoisotopic (exact) mass is 348 g/mol. The summed E-state index contributed by atoms with van der Waals surface area (Å²) >= 11 is 0. The highest BCUT2D eigenvalue weighted by atomic mass is 16.6. The molecule has 0 spiro atoms. The third-order valence-electron chi connectivity index (χ3n) is 4.69. The number of amides is 1. The van der Waals surface area contributed by atoms with E-state index in [9.17, 15) is 4.79 Å². The van der Waals surface area contributed by atoms with Gasteiger partial charge in [-0.2, -0.15) is 0 Å². The molecule has 2 aliphatic heterocycles. The molecule has 1 aromatic carbocycles. The van der Waals surface area contributed by atoms with Crippen LogP contribution in [0.1, 0.15) is 38.7 Å². The zero-order chi connectivity index (χ0) is 18.0. The van der Waals surface area contributed by atoms with Crippen molar-refractivity contribution < 1.29 is 19.0 Å². The lowest BCUT2D eigenvalue weighted by Crippen LogP contribution is -2.36. The van der Waals surface area contributed by atoms with Gasteiger partial charge in [-0.3, -0.25) is 0 Å². The lowest BCUT2D eigenvalue weighted by atomic mass is 9.85. The largest absolute Gasteiger partial charge is 0.486 e. The van der Waals surface area contributed by atoms with Crippen LogP contribution < -0.4 is 15.2 Å². The van der Waals surface area contributed by atoms with E-state index < -0.39 is 5.60 Å². The van der Waals surface area contributed by atoms with Crippen molar-refractivity contribution in [2.24, 2.45) is 11.7 Å². The molecular weight excluding hydrogens is 320 g/mol. The smallest absolute Gasteiger partial charge is 0.410 e. The van der Waals surface area contributed by atoms with Gasteiger partial charge in [0.25, 0.3) is 0 Å². The summed E-state index contributed by atoms with van der Waals surface area (Å²) in [7, 11) is 0. The molecule has 1 fully saturated rings. The zero-order valence-corrected chi connectivity index (χ0v) is 15.3. The van der Waals surface area contributed by atoms with E-state index in [1.165, 1.54) is 0 Å². The van der Waals surface area contributed by atoms with Gasteiger partial charge in [-0.1, -0.05) is 6.07 Å². The van der Waals surface area contributed by atoms with Crippen LogP contribution in [0.3, 0.4) is 0 Å². The molecule has 6 nitrogen and oxygen atoms in total. The summed E-state index contributed by atoms with van der Waals surface area (Å²) in [6.45, 7) is 8.72. The molecule has 1 aromatic rings. The Hall–Kier alpha value is -1.95. The number of hydrogen-bond donors (Lipinski definition) is 1. The highest BCUT2D eigenvalue weighted by molar-refractivity contribution is 5.68. The van der Waals surface area contributed by atoms with Gasteiger partial charge in [0.15, 0.2) is 11.5 Å². The summed E-state index contributed by atoms with van der Waals surface area (Å²) in [5.41, 5.74) is 6.74. The predicted molar refractivity (Wildman–Crippen MR) is 95.1 cm³/mol. The first-order valence-corrected chi connectivity index (χ1v) is 8.95. The summed E-state index contributed by atoms with van der Waals surface area (Å²) in [6, 6.07) is 6.04. The number of fused-ring (bicyclic) bond motifs is 1. The van der Waals surface area contributed by atoms with Crippen molar-refractivity contribution in [3.05, 3.63) is 23.8 Å². The molecular formula is C19H28N2O4. The Kier molecular flexibility index (Phi) is 5.08. The Labute approximate surface area is 149 Å². The van der Waals surface area contributed by atoms with Crippen LogP contribution in [-0.2, 0) is 4.74 Å². The predicted octanol–water partition coefficient (Wildman–Crippen LogP) is 2.76. The molecule has 6 heteroatoms. The van der Waals surface area contributed by atoms with Crippen LogP contribution in [0.25, 0.3) is 0 Å². The summed E-state index contributed by atoms with van der Waals surface area (Å²) in [5, 5.41) is 0. The lowest BCUT2D eigenvalue weighted by Gasteiger charge is -2.27. The molecule has 2 unspecified atom stereocenters. The third kappa shape index (κ3) is 4.18. The number of ether oxygens (including phenoxy) is 3. The molecule has 25 heavy (non-hydrogen) atoms. The minimum atomic E-state index is -0.474. The van der Waals surface area contributed by atoms with Crippen LogP contribution in [0.15, 0.2) is 18.2 Å². The Morgan fingerprint density at radius 2 is 2.04 bits per heavy atom. The summed E-state index contributed by atoms with van der Waals surface area (Å²) in [4.78, 5) is 14.1. The molecule has 2 heterocycles. The molecule has 2 aliphatic rings. The van der Waals surface area contributed by atoms with Crippen molar-refractivity contribution in [1.82, 2.24) is 4.90 Å². The van der Waals surface area contributed by atoms with Crippen molar-refractivity contribution in [1.29, 1.82) is 0 Å². The van der Waals surface area contributed by atoms with Gasteiger partial charge in [0, 0.05) is 19.0 Å². The number of benzene rings is 1. The number of likely N-dealkylation sites (tertiary alicyclic amines) is 1. The van der Waals surface area contributed by atoms with E-state index >= 15 is 0 Å². The minimum absolute atomic E-state index is 0.184. The number of hydrogen-bond acceptors (Lipinski definition) is 5. The number of carbonyl (C=O) groups is 1. The number of rotatable bonds is 3. The first kappa shape index (κ1) is 17.9. The van der Waals surface area contributed by atoms with Gasteiger partial charge in [0.05, 0.1) is 0 Å². The van der Waals surface area contributed by atoms with Crippen molar-refractivity contribution in [3.8, 4) is 11.5 Å². The van der Waals surface area contributed by atoms with E-state index in [1.54, 1.807) is 4.90 Å². The van der Waals surface area contributed by atoms with Crippen LogP contribution in [0.5, 0.6) is 11.5 Å². The van der Waals surface area contributed by atoms with Crippen molar-refractivity contribution >= 4 is 6.09 Å². The second kappa shape index (κ2) is 7.12. The Morgan fingerprint density at radius 1 is 1.32 bits per heavy atom. The van der Waals surface area contributed by atoms with Gasteiger partial charge < -0.3 is 24.8 Å². The third-order valence-corrected chi connectivity index (χ3v) is 4.69. The lowest BCUT2D eigenvalue weighted by molar-refractivity contribution is 0.0286. The van der Waals surface area contributed by atoms with Gasteiger partial charge in [-0.05, 0) is 57.4 Å². The van der Waals surface area contributed by atoms with Crippen LogP contribution in [-0.4, -0.2) is 49.4 Å². The normalized spacial score (nSPS) is 21.1. The summed E-state index contributed by atoms with van der Waals surface area (Å²) < 4.78 is 16.8. The standard InChI is InChI=1S/C19H28N2O4/c1-19(2,3)25-18(22)21-7-6-14(12-21)15(11-20)13-4-5-16-17(10-13)24-9-8-23-16/h4-5,10,14-15H,6-9,11-12,20H2,1-3H3. The van der Waals surface area contributed by atoms with E-state index in [0.29, 0.717) is 38.8 Å². The number of carbonyl (C=O) groups excluding carboxylic acids is 1. The van der Waals surface area contributed by atoms with Gasteiger partial charge in [0.1, 0.15) is 18.8 Å². The van der Waals surface area contributed by atoms with Gasteiger partial charge in [0.2, 0.25) is 0 Å². The van der Waals surface area contributed by atoms with Gasteiger partial charge in [-0.25, -0.2) is 4.79 Å². The molecule has 3 rings (SSSR count). The second-order valence-corrected chi connectivity index (χ2v) is 7.72. The zero-order valence-electron chi connectivity index (χ0n) is 15.3. The number of nitrogens with zero attached hydrogens (tertiary/aromatic N) is 1. The molecule has 1 saturated heterocycles. The molecule has 138 valence electrons. The van der Waals surface area contributed by atoms with E-state index in [0.717, 1.165) is 23.5 Å². The highest BCUT2D eigenvalue weighted by Gasteiger charge is 2.34. The Bertz CT molecular complexity index is 626. The highest BCUT2D eigenvalue weighted by Crippen LogP contribution is 2.37. The van der Waals surface area contributed by atoms with Crippen molar-refractivity contribution in [2.45, 2.75) is 38.7 Å². The van der Waals surface area contributed by atoms with Crippen molar-refractivity contribution in [3.63, 3.8) is 0 Å². The fraction of sp³-hybridized carbons (Fsp3) is 0.632.